The van der Waals surface area contributed by atoms with Gasteiger partial charge >= 0.3 is 0 Å². The number of hydrogen-bond acceptors (Lipinski definition) is 5. The second-order valence-corrected chi connectivity index (χ2v) is 3.77. The molecule has 0 bridgehead atoms. The number of aromatic nitrogens is 2. The molecule has 0 amide bonds. The van der Waals surface area contributed by atoms with Gasteiger partial charge in [-0.05, 0) is 18.5 Å². The minimum Gasteiger partial charge on any atom is -0.384 e. The Bertz CT molecular complexity index is 496. The second-order valence-electron chi connectivity index (χ2n) is 3.77. The highest BCUT2D eigenvalue weighted by Crippen LogP contribution is 2.20. The largest absolute Gasteiger partial charge is 0.384 e. The van der Waals surface area contributed by atoms with Gasteiger partial charge in [-0.1, -0.05) is 24.3 Å². The molecule has 19 heavy (non-hydrogen) atoms. The molecule has 0 aliphatic carbocycles. The second kappa shape index (κ2) is 7.78. The van der Waals surface area contributed by atoms with E-state index in [1.54, 1.807) is 6.07 Å². The molecular formula is C12H17Cl2N5. The normalized spacial score (nSPS) is 9.32. The van der Waals surface area contributed by atoms with Crippen LogP contribution in [-0.4, -0.2) is 16.5 Å². The van der Waals surface area contributed by atoms with Crippen LogP contribution in [0.25, 0.3) is 11.3 Å². The molecule has 0 aliphatic heterocycles. The van der Waals surface area contributed by atoms with Crippen LogP contribution in [0.4, 0.5) is 11.8 Å². The Labute approximate surface area is 124 Å². The summed E-state index contributed by atoms with van der Waals surface area (Å²) in [5, 5.41) is 0. The third-order valence-corrected chi connectivity index (χ3v) is 2.45. The first-order chi connectivity index (χ1) is 8.19. The zero-order chi connectivity index (χ0) is 12.3. The molecule has 0 aliphatic rings. The molecule has 1 aromatic carbocycles. The van der Waals surface area contributed by atoms with Crippen molar-refractivity contribution in [3.8, 4) is 11.3 Å². The van der Waals surface area contributed by atoms with E-state index in [9.17, 15) is 0 Å². The Balaban J connectivity index is 0.00000162. The van der Waals surface area contributed by atoms with E-state index in [1.165, 1.54) is 5.56 Å². The predicted octanol–water partition coefficient (Wildman–Crippen LogP) is 1.65. The van der Waals surface area contributed by atoms with E-state index < -0.39 is 0 Å². The lowest BCUT2D eigenvalue weighted by atomic mass is 10.1. The molecule has 1 heterocycles. The highest BCUT2D eigenvalue weighted by molar-refractivity contribution is 5.85. The van der Waals surface area contributed by atoms with E-state index >= 15 is 0 Å². The van der Waals surface area contributed by atoms with Crippen LogP contribution in [0.15, 0.2) is 30.3 Å². The van der Waals surface area contributed by atoms with Gasteiger partial charge in [0.1, 0.15) is 5.82 Å². The van der Waals surface area contributed by atoms with Crippen molar-refractivity contribution < 1.29 is 0 Å². The average Bonchev–Trinajstić information content (AvgIpc) is 2.29. The van der Waals surface area contributed by atoms with Crippen LogP contribution in [0.1, 0.15) is 5.56 Å². The summed E-state index contributed by atoms with van der Waals surface area (Å²) < 4.78 is 0. The molecule has 1 aromatic heterocycles. The molecular weight excluding hydrogens is 285 g/mol. The Morgan fingerprint density at radius 1 is 0.947 bits per heavy atom. The summed E-state index contributed by atoms with van der Waals surface area (Å²) >= 11 is 0. The minimum absolute atomic E-state index is 0. The number of hydrogen-bond donors (Lipinski definition) is 3. The van der Waals surface area contributed by atoms with Gasteiger partial charge in [0.15, 0.2) is 0 Å². The number of nitrogens with zero attached hydrogens (tertiary/aromatic N) is 2. The summed E-state index contributed by atoms with van der Waals surface area (Å²) in [4.78, 5) is 7.98. The van der Waals surface area contributed by atoms with E-state index in [4.69, 9.17) is 17.2 Å². The van der Waals surface area contributed by atoms with Crippen LogP contribution < -0.4 is 17.2 Å². The lowest BCUT2D eigenvalue weighted by Gasteiger charge is -2.04. The van der Waals surface area contributed by atoms with E-state index in [-0.39, 0.29) is 30.8 Å². The molecule has 6 N–H and O–H groups in total. The van der Waals surface area contributed by atoms with Gasteiger partial charge in [-0.2, -0.15) is 4.98 Å². The van der Waals surface area contributed by atoms with Gasteiger partial charge < -0.3 is 17.2 Å². The van der Waals surface area contributed by atoms with E-state index in [0.717, 1.165) is 17.7 Å². The Hall–Kier alpha value is -1.56. The van der Waals surface area contributed by atoms with Crippen molar-refractivity contribution in [2.24, 2.45) is 5.73 Å². The first-order valence-electron chi connectivity index (χ1n) is 5.38. The molecule has 0 fully saturated rings. The van der Waals surface area contributed by atoms with Crippen LogP contribution in [0.3, 0.4) is 0 Å². The number of nitrogens with two attached hydrogens (primary N) is 3. The topological polar surface area (TPSA) is 104 Å². The van der Waals surface area contributed by atoms with Crippen LogP contribution in [0, 0.1) is 0 Å². The van der Waals surface area contributed by atoms with Gasteiger partial charge in [0, 0.05) is 11.6 Å². The Morgan fingerprint density at radius 2 is 1.58 bits per heavy atom. The summed E-state index contributed by atoms with van der Waals surface area (Å²) in [6.07, 6.45) is 0.869. The van der Waals surface area contributed by atoms with E-state index in [0.29, 0.717) is 12.4 Å². The molecule has 0 radical (unpaired) electrons. The van der Waals surface area contributed by atoms with Gasteiger partial charge in [-0.25, -0.2) is 4.98 Å². The monoisotopic (exact) mass is 301 g/mol. The summed E-state index contributed by atoms with van der Waals surface area (Å²) in [5.74, 6) is 0.560. The maximum Gasteiger partial charge on any atom is 0.222 e. The van der Waals surface area contributed by atoms with Crippen LogP contribution in [0.2, 0.25) is 0 Å². The SMILES string of the molecule is Cl.Cl.NCCc1ccc(-c2cc(N)nc(N)n2)cc1. The highest BCUT2D eigenvalue weighted by Gasteiger charge is 2.03. The molecule has 0 saturated carbocycles. The number of benzene rings is 1. The van der Waals surface area contributed by atoms with Gasteiger partial charge in [-0.15, -0.1) is 24.8 Å². The average molecular weight is 302 g/mol. The molecule has 104 valence electrons. The number of halogens is 2. The summed E-state index contributed by atoms with van der Waals surface area (Å²) in [5.41, 5.74) is 19.6. The highest BCUT2D eigenvalue weighted by atomic mass is 35.5. The number of anilines is 2. The zero-order valence-electron chi connectivity index (χ0n) is 10.2. The van der Waals surface area contributed by atoms with E-state index in [2.05, 4.69) is 9.97 Å². The third kappa shape index (κ3) is 4.55. The van der Waals surface area contributed by atoms with Crippen LogP contribution in [-0.2, 0) is 6.42 Å². The fourth-order valence-corrected chi connectivity index (χ4v) is 1.64. The van der Waals surface area contributed by atoms with Crippen molar-refractivity contribution in [3.63, 3.8) is 0 Å². The number of nitrogen functional groups attached to an aromatic ring is 2. The summed E-state index contributed by atoms with van der Waals surface area (Å²) in [6, 6.07) is 9.71. The molecule has 2 aromatic rings. The third-order valence-electron chi connectivity index (χ3n) is 2.45. The van der Waals surface area contributed by atoms with Crippen LogP contribution >= 0.6 is 24.8 Å². The molecule has 7 heteroatoms. The standard InChI is InChI=1S/C12H15N5.2ClH/c13-6-5-8-1-3-9(4-2-8)10-7-11(14)17-12(15)16-10;;/h1-4,7H,5-6,13H2,(H4,14,15,16,17);2*1H. The molecule has 5 nitrogen and oxygen atoms in total. The number of rotatable bonds is 3. The lowest BCUT2D eigenvalue weighted by Crippen LogP contribution is -2.02. The van der Waals surface area contributed by atoms with Crippen molar-refractivity contribution >= 4 is 36.6 Å². The van der Waals surface area contributed by atoms with Crippen molar-refractivity contribution in [1.82, 2.24) is 9.97 Å². The maximum atomic E-state index is 5.63. The van der Waals surface area contributed by atoms with Crippen molar-refractivity contribution in [3.05, 3.63) is 35.9 Å². The van der Waals surface area contributed by atoms with Crippen molar-refractivity contribution in [2.75, 3.05) is 18.0 Å². The summed E-state index contributed by atoms with van der Waals surface area (Å²) in [6.45, 7) is 0.646. The first kappa shape index (κ1) is 17.4. The fourth-order valence-electron chi connectivity index (χ4n) is 1.64. The van der Waals surface area contributed by atoms with Gasteiger partial charge in [0.2, 0.25) is 5.95 Å². The molecule has 0 atom stereocenters. The van der Waals surface area contributed by atoms with Gasteiger partial charge in [-0.3, -0.25) is 0 Å². The van der Waals surface area contributed by atoms with E-state index in [1.807, 2.05) is 24.3 Å². The van der Waals surface area contributed by atoms with Gasteiger partial charge in [0.25, 0.3) is 0 Å². The molecule has 0 saturated heterocycles. The molecule has 2 rings (SSSR count). The Morgan fingerprint density at radius 3 is 2.11 bits per heavy atom. The minimum atomic E-state index is 0. The first-order valence-corrected chi connectivity index (χ1v) is 5.38. The zero-order valence-corrected chi connectivity index (χ0v) is 11.9. The van der Waals surface area contributed by atoms with Crippen molar-refractivity contribution in [1.29, 1.82) is 0 Å². The fraction of sp³-hybridized carbons (Fsp3) is 0.167. The Kier molecular flexibility index (Phi) is 7.14. The van der Waals surface area contributed by atoms with Crippen molar-refractivity contribution in [2.45, 2.75) is 6.42 Å². The lowest BCUT2D eigenvalue weighted by molar-refractivity contribution is 0.969. The smallest absolute Gasteiger partial charge is 0.222 e. The quantitative estimate of drug-likeness (QED) is 0.800. The van der Waals surface area contributed by atoms with Gasteiger partial charge in [0.05, 0.1) is 5.69 Å². The molecule has 0 unspecified atom stereocenters. The maximum absolute atomic E-state index is 5.63. The van der Waals surface area contributed by atoms with Crippen LogP contribution in [0.5, 0.6) is 0 Å². The predicted molar refractivity (Wildman–Crippen MR) is 83.5 cm³/mol. The summed E-state index contributed by atoms with van der Waals surface area (Å²) in [7, 11) is 0. The molecule has 0 spiro atoms.